The zero-order chi connectivity index (χ0) is 22.8. The van der Waals surface area contributed by atoms with Gasteiger partial charge < -0.3 is 4.74 Å². The summed E-state index contributed by atoms with van der Waals surface area (Å²) in [6.07, 6.45) is 10.6. The molecule has 1 aliphatic carbocycles. The number of methoxy groups -OCH3 is 1. The number of H-pyrrole nitrogens is 1. The fourth-order valence-corrected chi connectivity index (χ4v) is 4.18. The average Bonchev–Trinajstić information content (AvgIpc) is 3.49. The van der Waals surface area contributed by atoms with Gasteiger partial charge in [0.15, 0.2) is 0 Å². The van der Waals surface area contributed by atoms with Crippen LogP contribution in [-0.2, 0) is 4.74 Å². The van der Waals surface area contributed by atoms with Gasteiger partial charge in [-0.05, 0) is 80.6 Å². The normalized spacial score (nSPS) is 14.4. The van der Waals surface area contributed by atoms with E-state index in [0.29, 0.717) is 5.56 Å². The second-order valence-corrected chi connectivity index (χ2v) is 8.19. The van der Waals surface area contributed by atoms with Gasteiger partial charge in [0.05, 0.1) is 47.2 Å². The number of rotatable bonds is 5. The van der Waals surface area contributed by atoms with Crippen LogP contribution in [0.3, 0.4) is 0 Å². The Labute approximate surface area is 191 Å². The van der Waals surface area contributed by atoms with Gasteiger partial charge in [0.2, 0.25) is 0 Å². The number of nitrogens with one attached hydrogen (secondary N) is 1. The van der Waals surface area contributed by atoms with E-state index in [-0.39, 0.29) is 5.97 Å². The summed E-state index contributed by atoms with van der Waals surface area (Å²) in [5.41, 5.74) is 7.40. The first kappa shape index (κ1) is 20.9. The smallest absolute Gasteiger partial charge is 0.337 e. The SMILES string of the molecule is COC(=O)c1ccc(-n2cc(/C(=N/c3ccc4[nH]ncc4c3)C3=CCCCC3)c(C)n2)cc1. The number of carbonyl (C=O) groups excluding carboxylic acids is 1. The van der Waals surface area contributed by atoms with Crippen LogP contribution >= 0.6 is 0 Å². The van der Waals surface area contributed by atoms with Crippen molar-refractivity contribution in [2.45, 2.75) is 32.6 Å². The van der Waals surface area contributed by atoms with Crippen molar-refractivity contribution in [2.75, 3.05) is 7.11 Å². The van der Waals surface area contributed by atoms with Gasteiger partial charge in [-0.2, -0.15) is 10.2 Å². The van der Waals surface area contributed by atoms with Crippen molar-refractivity contribution in [1.29, 1.82) is 0 Å². The Hall–Kier alpha value is -4.00. The minimum absolute atomic E-state index is 0.355. The van der Waals surface area contributed by atoms with Gasteiger partial charge in [0, 0.05) is 17.1 Å². The highest BCUT2D eigenvalue weighted by atomic mass is 16.5. The quantitative estimate of drug-likeness (QED) is 0.330. The minimum Gasteiger partial charge on any atom is -0.465 e. The number of aromatic nitrogens is 4. The van der Waals surface area contributed by atoms with Crippen LogP contribution in [0.15, 0.2) is 71.5 Å². The van der Waals surface area contributed by atoms with E-state index in [4.69, 9.17) is 14.8 Å². The van der Waals surface area contributed by atoms with Crippen LogP contribution in [0.4, 0.5) is 5.69 Å². The van der Waals surface area contributed by atoms with Crippen LogP contribution < -0.4 is 0 Å². The minimum atomic E-state index is -0.355. The molecule has 0 fully saturated rings. The maximum atomic E-state index is 11.7. The van der Waals surface area contributed by atoms with Crippen molar-refractivity contribution >= 4 is 28.3 Å². The molecule has 2 aromatic heterocycles. The zero-order valence-corrected chi connectivity index (χ0v) is 18.7. The van der Waals surface area contributed by atoms with E-state index in [1.54, 1.807) is 12.1 Å². The number of carbonyl (C=O) groups is 1. The Morgan fingerprint density at radius 3 is 2.76 bits per heavy atom. The number of aromatic amines is 1. The molecule has 2 aromatic carbocycles. The molecule has 7 heteroatoms. The van der Waals surface area contributed by atoms with E-state index in [0.717, 1.165) is 58.5 Å². The van der Waals surface area contributed by atoms with Crippen molar-refractivity contribution in [2.24, 2.45) is 4.99 Å². The third-order valence-corrected chi connectivity index (χ3v) is 5.97. The van der Waals surface area contributed by atoms with Crippen molar-refractivity contribution in [3.63, 3.8) is 0 Å². The molecule has 5 rings (SSSR count). The summed E-state index contributed by atoms with van der Waals surface area (Å²) in [6.45, 7) is 2.01. The van der Waals surface area contributed by atoms with Gasteiger partial charge in [-0.25, -0.2) is 14.5 Å². The molecule has 0 saturated heterocycles. The molecule has 0 amide bonds. The molecule has 0 spiro atoms. The lowest BCUT2D eigenvalue weighted by Crippen LogP contribution is -2.08. The number of aliphatic imine (C=N–C) groups is 1. The summed E-state index contributed by atoms with van der Waals surface area (Å²) >= 11 is 0. The molecule has 0 saturated carbocycles. The Kier molecular flexibility index (Phi) is 5.60. The average molecular weight is 440 g/mol. The Bertz CT molecular complexity index is 1380. The number of benzene rings is 2. The molecule has 0 radical (unpaired) electrons. The van der Waals surface area contributed by atoms with Gasteiger partial charge in [-0.15, -0.1) is 0 Å². The number of fused-ring (bicyclic) bond motifs is 1. The fourth-order valence-electron chi connectivity index (χ4n) is 4.18. The lowest BCUT2D eigenvalue weighted by molar-refractivity contribution is 0.0600. The number of aryl methyl sites for hydroxylation is 1. The first-order valence-electron chi connectivity index (χ1n) is 11.1. The van der Waals surface area contributed by atoms with Crippen LogP contribution in [0.2, 0.25) is 0 Å². The van der Waals surface area contributed by atoms with Crippen molar-refractivity contribution in [1.82, 2.24) is 20.0 Å². The monoisotopic (exact) mass is 439 g/mol. The molecule has 2 heterocycles. The van der Waals surface area contributed by atoms with Crippen molar-refractivity contribution in [3.05, 3.63) is 83.3 Å². The van der Waals surface area contributed by atoms with E-state index >= 15 is 0 Å². The highest BCUT2D eigenvalue weighted by molar-refractivity contribution is 6.14. The number of esters is 1. The summed E-state index contributed by atoms with van der Waals surface area (Å²) in [4.78, 5) is 16.8. The molecule has 7 nitrogen and oxygen atoms in total. The number of hydrogen-bond donors (Lipinski definition) is 1. The molecule has 166 valence electrons. The van der Waals surface area contributed by atoms with Crippen LogP contribution in [0.1, 0.15) is 47.3 Å². The molecule has 33 heavy (non-hydrogen) atoms. The predicted molar refractivity (Wildman–Crippen MR) is 128 cm³/mol. The second-order valence-electron chi connectivity index (χ2n) is 8.19. The predicted octanol–water partition coefficient (Wildman–Crippen LogP) is 5.46. The Morgan fingerprint density at radius 2 is 2.00 bits per heavy atom. The maximum absolute atomic E-state index is 11.7. The van der Waals surface area contributed by atoms with Crippen LogP contribution in [0.5, 0.6) is 0 Å². The molecule has 0 aliphatic heterocycles. The number of hydrogen-bond acceptors (Lipinski definition) is 5. The van der Waals surface area contributed by atoms with E-state index in [1.807, 2.05) is 54.3 Å². The molecule has 4 aromatic rings. The highest BCUT2D eigenvalue weighted by Gasteiger charge is 2.19. The molecule has 0 atom stereocenters. The second kappa shape index (κ2) is 8.86. The van der Waals surface area contributed by atoms with Gasteiger partial charge in [0.25, 0.3) is 0 Å². The molecule has 1 N–H and O–H groups in total. The van der Waals surface area contributed by atoms with E-state index in [9.17, 15) is 4.79 Å². The fraction of sp³-hybridized carbons (Fsp3) is 0.231. The maximum Gasteiger partial charge on any atom is 0.337 e. The summed E-state index contributed by atoms with van der Waals surface area (Å²) in [5.74, 6) is -0.355. The molecule has 0 unspecified atom stereocenters. The van der Waals surface area contributed by atoms with Crippen molar-refractivity contribution < 1.29 is 9.53 Å². The first-order chi connectivity index (χ1) is 16.1. The topological polar surface area (TPSA) is 85.2 Å². The summed E-state index contributed by atoms with van der Waals surface area (Å²) in [5, 5.41) is 12.9. The lowest BCUT2D eigenvalue weighted by Gasteiger charge is -2.15. The molecular weight excluding hydrogens is 414 g/mol. The van der Waals surface area contributed by atoms with Crippen LogP contribution in [0, 0.1) is 6.92 Å². The van der Waals surface area contributed by atoms with Crippen LogP contribution in [0.25, 0.3) is 16.6 Å². The Balaban J connectivity index is 1.56. The van der Waals surface area contributed by atoms with E-state index in [1.165, 1.54) is 19.1 Å². The summed E-state index contributed by atoms with van der Waals surface area (Å²) < 4.78 is 6.63. The molecular formula is C26H25N5O2. The third-order valence-electron chi connectivity index (χ3n) is 5.97. The number of ether oxygens (including phenoxy) is 1. The van der Waals surface area contributed by atoms with Gasteiger partial charge in [-0.3, -0.25) is 5.10 Å². The first-order valence-corrected chi connectivity index (χ1v) is 11.1. The largest absolute Gasteiger partial charge is 0.465 e. The van der Waals surface area contributed by atoms with Crippen molar-refractivity contribution in [3.8, 4) is 5.69 Å². The van der Waals surface area contributed by atoms with E-state index in [2.05, 4.69) is 16.3 Å². The van der Waals surface area contributed by atoms with Gasteiger partial charge in [-0.1, -0.05) is 6.08 Å². The Morgan fingerprint density at radius 1 is 1.15 bits per heavy atom. The lowest BCUT2D eigenvalue weighted by atomic mass is 9.92. The summed E-state index contributed by atoms with van der Waals surface area (Å²) in [6, 6.07) is 13.3. The highest BCUT2D eigenvalue weighted by Crippen LogP contribution is 2.28. The third kappa shape index (κ3) is 4.22. The van der Waals surface area contributed by atoms with Gasteiger partial charge >= 0.3 is 5.97 Å². The number of nitrogens with zero attached hydrogens (tertiary/aromatic N) is 4. The van der Waals surface area contributed by atoms with Crippen LogP contribution in [-0.4, -0.2) is 38.8 Å². The standard InChI is InChI=1S/C26H25N5O2/c1-17-23(16-31(30-17)22-11-8-19(9-12-22)26(32)33-2)25(18-6-4-3-5-7-18)28-21-10-13-24-20(14-21)15-27-29-24/h6,8-16H,3-5,7H2,1-2H3,(H,27,29)/b28-25+. The summed E-state index contributed by atoms with van der Waals surface area (Å²) in [7, 11) is 1.38. The molecule has 0 bridgehead atoms. The van der Waals surface area contributed by atoms with E-state index < -0.39 is 0 Å². The molecule has 1 aliphatic rings. The van der Waals surface area contributed by atoms with Gasteiger partial charge in [0.1, 0.15) is 0 Å². The zero-order valence-electron chi connectivity index (χ0n) is 18.7. The number of allylic oxidation sites excluding steroid dienone is 2.